The molecule has 0 spiro atoms. The fraction of sp³-hybridized carbons (Fsp3) is 0.259. The van der Waals surface area contributed by atoms with Crippen LogP contribution in [0, 0.1) is 0 Å². The van der Waals surface area contributed by atoms with Crippen LogP contribution in [-0.2, 0) is 14.8 Å². The maximum absolute atomic E-state index is 12.9. The van der Waals surface area contributed by atoms with E-state index >= 15 is 0 Å². The third-order valence-corrected chi connectivity index (χ3v) is 8.11. The molecule has 1 aliphatic heterocycles. The molecule has 0 aromatic heterocycles. The molecular formula is C27H27NO5S. The molecule has 0 amide bonds. The first-order chi connectivity index (χ1) is 16.4. The number of rotatable bonds is 7. The zero-order valence-corrected chi connectivity index (χ0v) is 19.8. The van der Waals surface area contributed by atoms with E-state index in [0.29, 0.717) is 12.1 Å². The number of Topliss-reactive ketones (excluding diaryl/α,β-unsaturated/α-hetero) is 1. The van der Waals surface area contributed by atoms with Gasteiger partial charge in [-0.25, -0.2) is 13.2 Å². The fourth-order valence-corrected chi connectivity index (χ4v) is 5.80. The van der Waals surface area contributed by atoms with Crippen molar-refractivity contribution in [2.24, 2.45) is 0 Å². The van der Waals surface area contributed by atoms with E-state index < -0.39 is 22.6 Å². The Bertz CT molecular complexity index is 1250. The van der Waals surface area contributed by atoms with Gasteiger partial charge in [-0.05, 0) is 55.2 Å². The summed E-state index contributed by atoms with van der Waals surface area (Å²) in [6, 6.07) is 22.6. The minimum Gasteiger partial charge on any atom is -0.454 e. The molecule has 176 valence electrons. The summed E-state index contributed by atoms with van der Waals surface area (Å²) in [5.74, 6) is -0.990. The molecule has 3 aromatic rings. The molecule has 34 heavy (non-hydrogen) atoms. The average molecular weight is 478 g/mol. The van der Waals surface area contributed by atoms with E-state index in [-0.39, 0.29) is 22.3 Å². The first-order valence-electron chi connectivity index (χ1n) is 11.3. The largest absolute Gasteiger partial charge is 0.454 e. The monoisotopic (exact) mass is 477 g/mol. The van der Waals surface area contributed by atoms with Gasteiger partial charge >= 0.3 is 5.97 Å². The van der Waals surface area contributed by atoms with Gasteiger partial charge in [0.15, 0.2) is 12.4 Å². The van der Waals surface area contributed by atoms with Crippen molar-refractivity contribution in [3.8, 4) is 11.1 Å². The van der Waals surface area contributed by atoms with E-state index in [9.17, 15) is 18.0 Å². The highest BCUT2D eigenvalue weighted by molar-refractivity contribution is 7.89. The molecule has 0 bridgehead atoms. The van der Waals surface area contributed by atoms with Crippen molar-refractivity contribution in [2.75, 3.05) is 13.2 Å². The number of benzene rings is 3. The lowest BCUT2D eigenvalue weighted by Crippen LogP contribution is -2.41. The molecule has 3 aromatic carbocycles. The second-order valence-corrected chi connectivity index (χ2v) is 10.3. The average Bonchev–Trinajstić information content (AvgIpc) is 2.88. The van der Waals surface area contributed by atoms with Crippen molar-refractivity contribution in [3.63, 3.8) is 0 Å². The third-order valence-electron chi connectivity index (χ3n) is 6.09. The normalized spacial score (nSPS) is 16.7. The summed E-state index contributed by atoms with van der Waals surface area (Å²) in [6.45, 7) is 2.02. The fourth-order valence-electron chi connectivity index (χ4n) is 4.10. The van der Waals surface area contributed by atoms with E-state index in [1.54, 1.807) is 12.1 Å². The molecule has 0 aliphatic carbocycles. The number of piperidine rings is 1. The number of hydrogen-bond donors (Lipinski definition) is 0. The number of hydrogen-bond acceptors (Lipinski definition) is 5. The van der Waals surface area contributed by atoms with Crippen molar-refractivity contribution in [2.45, 2.75) is 37.1 Å². The SMILES string of the molecule is CC1CCCCN1S(=O)(=O)c1ccc(C(=O)OCC(=O)c2ccc(-c3ccccc3)cc2)cc1. The van der Waals surface area contributed by atoms with Gasteiger partial charge in [0.25, 0.3) is 0 Å². The molecule has 1 unspecified atom stereocenters. The van der Waals surface area contributed by atoms with Crippen LogP contribution in [0.25, 0.3) is 11.1 Å². The summed E-state index contributed by atoms with van der Waals surface area (Å²) in [7, 11) is -3.61. The molecule has 6 nitrogen and oxygen atoms in total. The predicted molar refractivity (Wildman–Crippen MR) is 130 cm³/mol. The van der Waals surface area contributed by atoms with Gasteiger partial charge < -0.3 is 4.74 Å². The lowest BCUT2D eigenvalue weighted by atomic mass is 10.0. The highest BCUT2D eigenvalue weighted by Crippen LogP contribution is 2.25. The number of carbonyl (C=O) groups is 2. The standard InChI is InChI=1S/C27H27NO5S/c1-20-7-5-6-18-28(20)34(31,32)25-16-14-24(15-17-25)27(30)33-19-26(29)23-12-10-22(11-13-23)21-8-3-2-4-9-21/h2-4,8-17,20H,5-7,18-19H2,1H3. The quantitative estimate of drug-likeness (QED) is 0.355. The van der Waals surface area contributed by atoms with Gasteiger partial charge in [0.1, 0.15) is 0 Å². The van der Waals surface area contributed by atoms with Gasteiger partial charge in [-0.2, -0.15) is 4.31 Å². The molecule has 7 heteroatoms. The van der Waals surface area contributed by atoms with Crippen LogP contribution >= 0.6 is 0 Å². The van der Waals surface area contributed by atoms with Crippen LogP contribution in [0.2, 0.25) is 0 Å². The van der Waals surface area contributed by atoms with Crippen molar-refractivity contribution >= 4 is 21.8 Å². The molecule has 1 fully saturated rings. The smallest absolute Gasteiger partial charge is 0.338 e. The van der Waals surface area contributed by atoms with Gasteiger partial charge in [0.05, 0.1) is 10.5 Å². The number of ketones is 1. The van der Waals surface area contributed by atoms with Crippen molar-refractivity contribution in [1.82, 2.24) is 4.31 Å². The summed E-state index contributed by atoms with van der Waals surface area (Å²) < 4.78 is 32.5. The molecule has 1 aliphatic rings. The molecule has 4 rings (SSSR count). The van der Waals surface area contributed by atoms with Crippen molar-refractivity contribution in [3.05, 3.63) is 90.0 Å². The maximum Gasteiger partial charge on any atom is 0.338 e. The van der Waals surface area contributed by atoms with E-state index in [1.807, 2.05) is 49.4 Å². The Balaban J connectivity index is 1.36. The van der Waals surface area contributed by atoms with Crippen LogP contribution in [0.3, 0.4) is 0 Å². The maximum atomic E-state index is 12.9. The number of esters is 1. The van der Waals surface area contributed by atoms with Gasteiger partial charge in [-0.3, -0.25) is 4.79 Å². The first kappa shape index (κ1) is 23.9. The van der Waals surface area contributed by atoms with E-state index in [1.165, 1.54) is 28.6 Å². The van der Waals surface area contributed by atoms with Gasteiger partial charge in [0, 0.05) is 18.2 Å². The number of ether oxygens (including phenoxy) is 1. The Labute approximate surface area is 200 Å². The van der Waals surface area contributed by atoms with Crippen molar-refractivity contribution in [1.29, 1.82) is 0 Å². The van der Waals surface area contributed by atoms with Crippen LogP contribution in [-0.4, -0.2) is 43.7 Å². The van der Waals surface area contributed by atoms with E-state index in [2.05, 4.69) is 0 Å². The Hall–Kier alpha value is -3.29. The highest BCUT2D eigenvalue weighted by Gasteiger charge is 2.31. The lowest BCUT2D eigenvalue weighted by Gasteiger charge is -2.32. The predicted octanol–water partition coefficient (Wildman–Crippen LogP) is 4.96. The van der Waals surface area contributed by atoms with Crippen LogP contribution in [0.1, 0.15) is 46.9 Å². The van der Waals surface area contributed by atoms with E-state index in [0.717, 1.165) is 30.4 Å². The minimum atomic E-state index is -3.61. The summed E-state index contributed by atoms with van der Waals surface area (Å²) in [5.41, 5.74) is 2.68. The third kappa shape index (κ3) is 5.26. The highest BCUT2D eigenvalue weighted by atomic mass is 32.2. The molecule has 1 saturated heterocycles. The van der Waals surface area contributed by atoms with Crippen LogP contribution in [0.15, 0.2) is 83.8 Å². The molecule has 0 N–H and O–H groups in total. The van der Waals surface area contributed by atoms with Gasteiger partial charge in [0.2, 0.25) is 10.0 Å². The Morgan fingerprint density at radius 2 is 1.47 bits per heavy atom. The van der Waals surface area contributed by atoms with Crippen LogP contribution in [0.5, 0.6) is 0 Å². The molecule has 0 radical (unpaired) electrons. The minimum absolute atomic E-state index is 0.0452. The van der Waals surface area contributed by atoms with Gasteiger partial charge in [-0.15, -0.1) is 0 Å². The lowest BCUT2D eigenvalue weighted by molar-refractivity contribution is 0.0474. The van der Waals surface area contributed by atoms with Crippen LogP contribution < -0.4 is 0 Å². The Morgan fingerprint density at radius 3 is 2.12 bits per heavy atom. The van der Waals surface area contributed by atoms with Crippen LogP contribution in [0.4, 0.5) is 0 Å². The number of nitrogens with zero attached hydrogens (tertiary/aromatic N) is 1. The van der Waals surface area contributed by atoms with Crippen molar-refractivity contribution < 1.29 is 22.7 Å². The zero-order valence-electron chi connectivity index (χ0n) is 19.0. The molecular weight excluding hydrogens is 450 g/mol. The topological polar surface area (TPSA) is 80.8 Å². The first-order valence-corrected chi connectivity index (χ1v) is 12.8. The molecule has 1 atom stereocenters. The summed E-state index contributed by atoms with van der Waals surface area (Å²) >= 11 is 0. The van der Waals surface area contributed by atoms with Gasteiger partial charge in [-0.1, -0.05) is 61.0 Å². The number of sulfonamides is 1. The Morgan fingerprint density at radius 1 is 0.853 bits per heavy atom. The second kappa shape index (κ2) is 10.3. The second-order valence-electron chi connectivity index (χ2n) is 8.43. The van der Waals surface area contributed by atoms with E-state index in [4.69, 9.17) is 4.74 Å². The zero-order chi connectivity index (χ0) is 24.1. The summed E-state index contributed by atoms with van der Waals surface area (Å²) in [6.07, 6.45) is 2.71. The number of carbonyl (C=O) groups excluding carboxylic acids is 2. The summed E-state index contributed by atoms with van der Waals surface area (Å²) in [5, 5.41) is 0. The molecule has 0 saturated carbocycles. The summed E-state index contributed by atoms with van der Waals surface area (Å²) in [4.78, 5) is 25.0. The molecule has 1 heterocycles. The Kier molecular flexibility index (Phi) is 7.24.